The number of thiazole rings is 1. The van der Waals surface area contributed by atoms with Crippen molar-refractivity contribution in [3.63, 3.8) is 0 Å². The maximum atomic E-state index is 12.9. The molecule has 1 atom stereocenters. The number of aryl methyl sites for hydroxylation is 1. The van der Waals surface area contributed by atoms with E-state index in [1.54, 1.807) is 17.4 Å². The van der Waals surface area contributed by atoms with Crippen molar-refractivity contribution in [2.24, 2.45) is 5.92 Å². The summed E-state index contributed by atoms with van der Waals surface area (Å²) in [5, 5.41) is 9.56. The molecule has 33 heavy (non-hydrogen) atoms. The predicted octanol–water partition coefficient (Wildman–Crippen LogP) is 5.04. The van der Waals surface area contributed by atoms with Crippen LogP contribution < -0.4 is 4.74 Å². The third kappa shape index (κ3) is 5.83. The van der Waals surface area contributed by atoms with Crippen LogP contribution in [0.3, 0.4) is 0 Å². The first-order chi connectivity index (χ1) is 15.7. The van der Waals surface area contributed by atoms with Gasteiger partial charge in [0.05, 0.1) is 11.6 Å². The number of fused-ring (bicyclic) bond motifs is 1. The monoisotopic (exact) mass is 478 g/mol. The van der Waals surface area contributed by atoms with Crippen LogP contribution in [0.15, 0.2) is 36.4 Å². The minimum absolute atomic E-state index is 0.0498. The van der Waals surface area contributed by atoms with Gasteiger partial charge in [0, 0.05) is 30.1 Å². The molecule has 0 saturated carbocycles. The van der Waals surface area contributed by atoms with E-state index < -0.39 is 18.1 Å². The number of halogens is 3. The molecule has 1 aliphatic carbocycles. The highest BCUT2D eigenvalue weighted by Gasteiger charge is 2.38. The zero-order chi connectivity index (χ0) is 23.6. The van der Waals surface area contributed by atoms with Gasteiger partial charge in [0.25, 0.3) is 0 Å². The number of allylic oxidation sites excluding steroid dienone is 4. The molecule has 1 aromatic carbocycles. The van der Waals surface area contributed by atoms with E-state index >= 15 is 0 Å². The lowest BCUT2D eigenvalue weighted by atomic mass is 9.96. The Bertz CT molecular complexity index is 1090. The highest BCUT2D eigenvalue weighted by Crippen LogP contribution is 2.36. The van der Waals surface area contributed by atoms with E-state index in [1.807, 2.05) is 25.1 Å². The molecule has 9 heteroatoms. The van der Waals surface area contributed by atoms with Gasteiger partial charge in [-0.3, -0.25) is 4.90 Å². The number of aromatic nitrogens is 1. The number of rotatable bonds is 6. The van der Waals surface area contributed by atoms with Crippen LogP contribution in [0.25, 0.3) is 5.57 Å². The maximum absolute atomic E-state index is 12.9. The smallest absolute Gasteiger partial charge is 0.395 e. The Kier molecular flexibility index (Phi) is 6.90. The van der Waals surface area contributed by atoms with Crippen LogP contribution in [0.1, 0.15) is 33.1 Å². The summed E-state index contributed by atoms with van der Waals surface area (Å²) in [6.07, 6.45) is 1.85. The molecule has 176 valence electrons. The van der Waals surface area contributed by atoms with E-state index in [2.05, 4.69) is 9.88 Å². The molecule has 4 rings (SSSR count). The molecule has 1 aliphatic heterocycles. The van der Waals surface area contributed by atoms with Gasteiger partial charge in [-0.25, -0.2) is 9.78 Å². The molecule has 0 bridgehead atoms. The van der Waals surface area contributed by atoms with Crippen LogP contribution >= 0.6 is 11.3 Å². The molecule has 0 amide bonds. The number of carbonyl (C=O) groups is 1. The zero-order valence-electron chi connectivity index (χ0n) is 18.2. The van der Waals surface area contributed by atoms with Crippen LogP contribution in [-0.4, -0.2) is 46.8 Å². The fraction of sp³-hybridized carbons (Fsp3) is 0.417. The molecule has 0 radical (unpaired) electrons. The predicted molar refractivity (Wildman–Crippen MR) is 120 cm³/mol. The minimum atomic E-state index is -4.21. The van der Waals surface area contributed by atoms with Crippen LogP contribution in [0.2, 0.25) is 0 Å². The lowest BCUT2D eigenvalue weighted by Gasteiger charge is -2.19. The van der Waals surface area contributed by atoms with E-state index in [0.717, 1.165) is 53.6 Å². The molecular formula is C24H25F3N2O3S. The molecule has 2 aromatic rings. The Morgan fingerprint density at radius 3 is 2.70 bits per heavy atom. The van der Waals surface area contributed by atoms with Gasteiger partial charge in [0.15, 0.2) is 6.61 Å². The Hall–Kier alpha value is -2.65. The molecule has 2 heterocycles. The molecule has 0 spiro atoms. The van der Waals surface area contributed by atoms with E-state index in [4.69, 9.17) is 9.84 Å². The number of hydrogen-bond donors (Lipinski definition) is 1. The van der Waals surface area contributed by atoms with Crippen LogP contribution in [0, 0.1) is 12.8 Å². The van der Waals surface area contributed by atoms with Gasteiger partial charge in [-0.05, 0) is 49.4 Å². The molecule has 2 aliphatic rings. The second-order valence-electron chi connectivity index (χ2n) is 8.32. The fourth-order valence-electron chi connectivity index (χ4n) is 4.06. The molecule has 1 aromatic heterocycles. The fourth-order valence-corrected chi connectivity index (χ4v) is 5.19. The molecule has 0 fully saturated rings. The van der Waals surface area contributed by atoms with Crippen molar-refractivity contribution in [1.82, 2.24) is 9.88 Å². The molecule has 5 nitrogen and oxygen atoms in total. The van der Waals surface area contributed by atoms with E-state index in [9.17, 15) is 18.0 Å². The Labute approximate surface area is 194 Å². The molecule has 1 N–H and O–H groups in total. The number of aliphatic carboxylic acids is 1. The van der Waals surface area contributed by atoms with E-state index in [1.165, 1.54) is 23.3 Å². The zero-order valence-corrected chi connectivity index (χ0v) is 19.0. The first kappa shape index (κ1) is 23.5. The first-order valence-corrected chi connectivity index (χ1v) is 11.6. The number of carboxylic acid groups (broad SMARTS) is 1. The van der Waals surface area contributed by atoms with E-state index in [0.29, 0.717) is 5.75 Å². The van der Waals surface area contributed by atoms with Gasteiger partial charge in [0.2, 0.25) is 0 Å². The summed E-state index contributed by atoms with van der Waals surface area (Å²) in [5.74, 6) is -1.86. The van der Waals surface area contributed by atoms with Crippen LogP contribution in [0.4, 0.5) is 13.2 Å². The topological polar surface area (TPSA) is 62.7 Å². The van der Waals surface area contributed by atoms with Crippen LogP contribution in [0.5, 0.6) is 5.75 Å². The van der Waals surface area contributed by atoms with Crippen molar-refractivity contribution >= 4 is 22.9 Å². The average molecular weight is 479 g/mol. The van der Waals surface area contributed by atoms with Gasteiger partial charge in [0.1, 0.15) is 10.8 Å². The van der Waals surface area contributed by atoms with Gasteiger partial charge < -0.3 is 9.84 Å². The van der Waals surface area contributed by atoms with Crippen molar-refractivity contribution in [3.05, 3.63) is 63.1 Å². The van der Waals surface area contributed by atoms with E-state index in [-0.39, 0.29) is 13.0 Å². The van der Waals surface area contributed by atoms with Crippen molar-refractivity contribution in [3.8, 4) is 5.75 Å². The summed E-state index contributed by atoms with van der Waals surface area (Å²) in [6, 6.07) is 5.74. The minimum Gasteiger partial charge on any atom is -0.482 e. The lowest BCUT2D eigenvalue weighted by Crippen LogP contribution is -2.25. The highest BCUT2D eigenvalue weighted by atomic mass is 32.1. The second kappa shape index (κ2) is 9.69. The third-order valence-corrected chi connectivity index (χ3v) is 7.15. The van der Waals surface area contributed by atoms with Gasteiger partial charge >= 0.3 is 12.1 Å². The molecular weight excluding hydrogens is 453 g/mol. The second-order valence-corrected chi connectivity index (χ2v) is 9.40. The quantitative estimate of drug-likeness (QED) is 0.631. The summed E-state index contributed by atoms with van der Waals surface area (Å²) >= 11 is 1.54. The van der Waals surface area contributed by atoms with Crippen molar-refractivity contribution in [2.45, 2.75) is 38.9 Å². The SMILES string of the molecule is Cc1nc(C2=CCC(C(F)(F)F)C=C2)sc1CN1CCc2ccc(OCC(=O)O)cc2CC1. The van der Waals surface area contributed by atoms with Gasteiger partial charge in [-0.2, -0.15) is 13.2 Å². The van der Waals surface area contributed by atoms with Gasteiger partial charge in [-0.15, -0.1) is 11.3 Å². The first-order valence-electron chi connectivity index (χ1n) is 10.8. The van der Waals surface area contributed by atoms with Gasteiger partial charge in [-0.1, -0.05) is 24.3 Å². The Balaban J connectivity index is 1.39. The summed E-state index contributed by atoms with van der Waals surface area (Å²) in [4.78, 5) is 18.8. The number of alkyl halides is 3. The number of ether oxygens (including phenoxy) is 1. The molecule has 1 unspecified atom stereocenters. The lowest BCUT2D eigenvalue weighted by molar-refractivity contribution is -0.160. The standard InChI is InChI=1S/C24H25F3N2O3S/c1-15-21(33-23(28-15)17-2-5-19(6-3-17)24(25,26)27)13-29-10-8-16-4-7-20(32-14-22(30)31)12-18(16)9-11-29/h2-5,7,12,19H,6,8-11,13-14H2,1H3,(H,30,31). The Morgan fingerprint density at radius 1 is 1.27 bits per heavy atom. The normalized spacial score (nSPS) is 19.0. The van der Waals surface area contributed by atoms with Crippen molar-refractivity contribution in [1.29, 1.82) is 0 Å². The third-order valence-electron chi connectivity index (χ3n) is 5.96. The summed E-state index contributed by atoms with van der Waals surface area (Å²) in [6.45, 7) is 4.05. The number of benzene rings is 1. The number of nitrogens with zero attached hydrogens (tertiary/aromatic N) is 2. The maximum Gasteiger partial charge on any atom is 0.395 e. The summed E-state index contributed by atoms with van der Waals surface area (Å²) in [5.41, 5.74) is 4.07. The highest BCUT2D eigenvalue weighted by molar-refractivity contribution is 7.12. The number of carboxylic acids is 1. The summed E-state index contributed by atoms with van der Waals surface area (Å²) < 4.78 is 44.0. The Morgan fingerprint density at radius 2 is 2.03 bits per heavy atom. The summed E-state index contributed by atoms with van der Waals surface area (Å²) in [7, 11) is 0. The van der Waals surface area contributed by atoms with Crippen molar-refractivity contribution in [2.75, 3.05) is 19.7 Å². The largest absolute Gasteiger partial charge is 0.482 e. The number of hydrogen-bond acceptors (Lipinski definition) is 5. The average Bonchev–Trinajstić information content (AvgIpc) is 3.01. The van der Waals surface area contributed by atoms with Crippen LogP contribution in [-0.2, 0) is 24.2 Å². The molecule has 0 saturated heterocycles. The van der Waals surface area contributed by atoms with Crippen molar-refractivity contribution < 1.29 is 27.8 Å².